The molecule has 0 unspecified atom stereocenters. The number of aliphatic imine (C=N–C) groups is 1. The van der Waals surface area contributed by atoms with Gasteiger partial charge in [-0.3, -0.25) is 4.57 Å². The van der Waals surface area contributed by atoms with Gasteiger partial charge < -0.3 is 10.3 Å². The van der Waals surface area contributed by atoms with Gasteiger partial charge in [-0.1, -0.05) is 148 Å². The maximum atomic E-state index is 7.24. The van der Waals surface area contributed by atoms with E-state index in [1.165, 1.54) is 49.4 Å². The van der Waals surface area contributed by atoms with Crippen molar-refractivity contribution >= 4 is 72.6 Å². The Kier molecular flexibility index (Phi) is 6.87. The first-order valence-electron chi connectivity index (χ1n) is 19.2. The largest absolute Gasteiger partial charge is 0.369 e. The molecule has 0 atom stereocenters. The van der Waals surface area contributed by atoms with Crippen LogP contribution in [0.15, 0.2) is 175 Å². The first kappa shape index (κ1) is 32.3. The lowest BCUT2D eigenvalue weighted by Crippen LogP contribution is -2.28. The first-order valence-corrected chi connectivity index (χ1v) is 19.2. The molecule has 1 aliphatic rings. The Balaban J connectivity index is 1.11. The summed E-state index contributed by atoms with van der Waals surface area (Å²) in [6.07, 6.45) is 0. The molecule has 0 spiro atoms. The van der Waals surface area contributed by atoms with E-state index in [9.17, 15) is 0 Å². The first-order chi connectivity index (χ1) is 27.4. The number of hydrogen-bond acceptors (Lipinski definition) is 1. The lowest BCUT2D eigenvalue weighted by molar-refractivity contribution is 0.660. The highest BCUT2D eigenvalue weighted by Gasteiger charge is 2.35. The zero-order valence-electron chi connectivity index (χ0n) is 31.3. The zero-order valence-corrected chi connectivity index (χ0v) is 31.3. The molecule has 0 aliphatic heterocycles. The van der Waals surface area contributed by atoms with Crippen LogP contribution in [-0.2, 0) is 5.41 Å². The van der Waals surface area contributed by atoms with Gasteiger partial charge in [-0.15, -0.1) is 0 Å². The van der Waals surface area contributed by atoms with Crippen molar-refractivity contribution in [3.05, 3.63) is 197 Å². The SMILES string of the molecule is C=c1cccc/c1=C(/N=C(N)n1c2ccccc2c2c3ccc(-n4c5ccccc5c5ccccc54)cc3ccc21)c1ccc2c(c1)C(C)(C)c1ccccc1-2. The van der Waals surface area contributed by atoms with E-state index in [-0.39, 0.29) is 5.41 Å². The van der Waals surface area contributed by atoms with Crippen LogP contribution in [0, 0.1) is 0 Å². The van der Waals surface area contributed by atoms with Crippen molar-refractivity contribution in [2.45, 2.75) is 19.3 Å². The number of rotatable bonds is 3. The van der Waals surface area contributed by atoms with E-state index < -0.39 is 0 Å². The Labute approximate surface area is 324 Å². The molecule has 1 aliphatic carbocycles. The highest BCUT2D eigenvalue weighted by atomic mass is 15.2. The molecule has 0 amide bonds. The molecule has 56 heavy (non-hydrogen) atoms. The zero-order chi connectivity index (χ0) is 37.7. The fourth-order valence-electron chi connectivity index (χ4n) is 9.42. The van der Waals surface area contributed by atoms with Gasteiger partial charge in [0.05, 0.1) is 27.8 Å². The van der Waals surface area contributed by atoms with Crippen molar-refractivity contribution in [3.63, 3.8) is 0 Å². The maximum absolute atomic E-state index is 7.24. The van der Waals surface area contributed by atoms with Crippen LogP contribution in [0.4, 0.5) is 0 Å². The summed E-state index contributed by atoms with van der Waals surface area (Å²) in [5.41, 5.74) is 19.6. The van der Waals surface area contributed by atoms with E-state index in [1.807, 2.05) is 18.2 Å². The molecule has 10 aromatic rings. The van der Waals surface area contributed by atoms with E-state index in [4.69, 9.17) is 10.7 Å². The molecule has 2 heterocycles. The van der Waals surface area contributed by atoms with Crippen molar-refractivity contribution in [2.24, 2.45) is 10.7 Å². The van der Waals surface area contributed by atoms with Crippen molar-refractivity contribution in [3.8, 4) is 16.8 Å². The predicted molar refractivity (Wildman–Crippen MR) is 236 cm³/mol. The Hall–Kier alpha value is -7.17. The van der Waals surface area contributed by atoms with E-state index in [2.05, 4.69) is 181 Å². The maximum Gasteiger partial charge on any atom is 0.205 e. The van der Waals surface area contributed by atoms with Gasteiger partial charge in [-0.25, -0.2) is 4.99 Å². The molecule has 0 saturated heterocycles. The van der Waals surface area contributed by atoms with Crippen LogP contribution in [0.5, 0.6) is 0 Å². The van der Waals surface area contributed by atoms with Crippen molar-refractivity contribution < 1.29 is 0 Å². The minimum atomic E-state index is -0.151. The molecule has 0 saturated carbocycles. The van der Waals surface area contributed by atoms with Crippen LogP contribution < -0.4 is 16.2 Å². The van der Waals surface area contributed by atoms with Crippen LogP contribution in [0.3, 0.4) is 0 Å². The van der Waals surface area contributed by atoms with Gasteiger partial charge in [0.15, 0.2) is 0 Å². The van der Waals surface area contributed by atoms with Crippen LogP contribution in [0.2, 0.25) is 0 Å². The van der Waals surface area contributed by atoms with Gasteiger partial charge in [0.1, 0.15) is 0 Å². The fourth-order valence-corrected chi connectivity index (χ4v) is 9.42. The number of nitrogens with two attached hydrogens (primary N) is 1. The second-order valence-electron chi connectivity index (χ2n) is 15.5. The topological polar surface area (TPSA) is 48.2 Å². The summed E-state index contributed by atoms with van der Waals surface area (Å²) >= 11 is 0. The van der Waals surface area contributed by atoms with Crippen molar-refractivity contribution in [1.82, 2.24) is 9.13 Å². The van der Waals surface area contributed by atoms with Crippen LogP contribution >= 0.6 is 0 Å². The van der Waals surface area contributed by atoms with Gasteiger partial charge in [0.25, 0.3) is 0 Å². The van der Waals surface area contributed by atoms with Crippen molar-refractivity contribution in [1.29, 1.82) is 0 Å². The molecule has 2 aromatic heterocycles. The van der Waals surface area contributed by atoms with Crippen LogP contribution in [0.1, 0.15) is 30.5 Å². The van der Waals surface area contributed by atoms with Gasteiger partial charge in [0, 0.05) is 43.4 Å². The average Bonchev–Trinajstić information content (AvgIpc) is 3.83. The van der Waals surface area contributed by atoms with Gasteiger partial charge in [-0.05, 0) is 80.7 Å². The normalized spacial score (nSPS) is 14.2. The molecular formula is C52H38N4. The molecule has 8 aromatic carbocycles. The molecule has 2 N–H and O–H groups in total. The van der Waals surface area contributed by atoms with E-state index >= 15 is 0 Å². The highest BCUT2D eigenvalue weighted by molar-refractivity contribution is 6.24. The molecule has 4 nitrogen and oxygen atoms in total. The minimum Gasteiger partial charge on any atom is -0.369 e. The van der Waals surface area contributed by atoms with Crippen LogP contribution in [-0.4, -0.2) is 15.1 Å². The monoisotopic (exact) mass is 718 g/mol. The summed E-state index contributed by atoms with van der Waals surface area (Å²) in [7, 11) is 0. The molecule has 0 radical (unpaired) electrons. The lowest BCUT2D eigenvalue weighted by atomic mass is 9.82. The van der Waals surface area contributed by atoms with E-state index in [0.717, 1.165) is 54.6 Å². The van der Waals surface area contributed by atoms with Crippen molar-refractivity contribution in [2.75, 3.05) is 0 Å². The van der Waals surface area contributed by atoms with Gasteiger partial charge in [0.2, 0.25) is 5.96 Å². The van der Waals surface area contributed by atoms with E-state index in [1.54, 1.807) is 0 Å². The third-order valence-corrected chi connectivity index (χ3v) is 12.1. The number of nitrogens with zero attached hydrogens (tertiary/aromatic N) is 3. The summed E-state index contributed by atoms with van der Waals surface area (Å²) in [5.74, 6) is 0.402. The summed E-state index contributed by atoms with van der Waals surface area (Å²) in [4.78, 5) is 5.36. The standard InChI is InChI=1S/C52H38N4/c1-32-14-4-5-15-36(32)50(34-24-27-39-38-16-6-10-20-43(38)52(2,3)44(39)31-34)54-51(53)56-47-23-13-9-19-42(47)49-37-28-26-35(30-33(37)25-29-48(49)56)55-45-21-11-7-17-40(45)41-18-8-12-22-46(41)55/h4-31H,1H2,2-3H3,(H2,53,54)/b50-36-. The Morgan fingerprint density at radius 1 is 0.554 bits per heavy atom. The number of benzene rings is 8. The van der Waals surface area contributed by atoms with Gasteiger partial charge in [-0.2, -0.15) is 0 Å². The second kappa shape index (κ2) is 11.9. The third-order valence-electron chi connectivity index (χ3n) is 12.1. The molecule has 0 fully saturated rings. The summed E-state index contributed by atoms with van der Waals surface area (Å²) in [6.45, 7) is 9.04. The predicted octanol–water partition coefficient (Wildman–Crippen LogP) is 10.8. The molecule has 4 heteroatoms. The number of hydrogen-bond donors (Lipinski definition) is 1. The number of aromatic nitrogens is 2. The smallest absolute Gasteiger partial charge is 0.205 e. The Morgan fingerprint density at radius 3 is 1.96 bits per heavy atom. The molecule has 266 valence electrons. The summed E-state index contributed by atoms with van der Waals surface area (Å²) in [6, 6.07) is 60.7. The third kappa shape index (κ3) is 4.56. The molecular weight excluding hydrogens is 681 g/mol. The second-order valence-corrected chi connectivity index (χ2v) is 15.5. The molecule has 0 bridgehead atoms. The minimum absolute atomic E-state index is 0.151. The number of para-hydroxylation sites is 3. The number of fused-ring (bicyclic) bond motifs is 11. The quantitative estimate of drug-likeness (QED) is 0.143. The molecule has 11 rings (SSSR count). The lowest BCUT2D eigenvalue weighted by Gasteiger charge is -2.22. The van der Waals surface area contributed by atoms with Gasteiger partial charge >= 0.3 is 0 Å². The fraction of sp³-hybridized carbons (Fsp3) is 0.0577. The summed E-state index contributed by atoms with van der Waals surface area (Å²) < 4.78 is 4.49. The van der Waals surface area contributed by atoms with Crippen LogP contribution in [0.25, 0.3) is 83.5 Å². The Bertz CT molecular complexity index is 3380. The average molecular weight is 719 g/mol. The Morgan fingerprint density at radius 2 is 1.20 bits per heavy atom. The highest BCUT2D eigenvalue weighted by Crippen LogP contribution is 2.49. The summed E-state index contributed by atoms with van der Waals surface area (Å²) in [5, 5.41) is 8.97. The van der Waals surface area contributed by atoms with E-state index in [0.29, 0.717) is 5.96 Å².